The van der Waals surface area contributed by atoms with Crippen LogP contribution in [0.1, 0.15) is 106 Å². The van der Waals surface area contributed by atoms with E-state index in [-0.39, 0.29) is 95.2 Å². The smallest absolute Gasteiger partial charge is 0.343 e. The number of aliphatic hydroxyl groups is 2. The zero-order chi connectivity index (χ0) is 66.5. The van der Waals surface area contributed by atoms with Gasteiger partial charge in [-0.1, -0.05) is 13.8 Å². The van der Waals surface area contributed by atoms with Gasteiger partial charge in [-0.2, -0.15) is 0 Å². The molecule has 7 atom stereocenters. The highest BCUT2D eigenvalue weighted by atomic mass is 19.1. The lowest BCUT2D eigenvalue weighted by atomic mass is 9.81. The van der Waals surface area contributed by atoms with Crippen molar-refractivity contribution in [2.24, 2.45) is 5.92 Å². The van der Waals surface area contributed by atoms with Gasteiger partial charge in [0.1, 0.15) is 37.3 Å². The Kier molecular flexibility index (Phi) is 27.8. The highest BCUT2D eigenvalue weighted by molar-refractivity contribution is 6.04. The van der Waals surface area contributed by atoms with E-state index < -0.39 is 107 Å². The molecular weight excluding hydrogens is 1210 g/mol. The van der Waals surface area contributed by atoms with Gasteiger partial charge in [0.15, 0.2) is 5.60 Å². The number of nitrogens with zero attached hydrogens (tertiary/aromatic N) is 3. The van der Waals surface area contributed by atoms with Crippen LogP contribution in [0.15, 0.2) is 16.9 Å². The van der Waals surface area contributed by atoms with E-state index in [4.69, 9.17) is 52.4 Å². The molecule has 7 N–H and O–H groups in total. The molecule has 3 aliphatic heterocycles. The molecule has 7 amide bonds. The van der Waals surface area contributed by atoms with Crippen molar-refractivity contribution < 1.29 is 100 Å². The second-order valence-electron chi connectivity index (χ2n) is 22.7. The number of benzene rings is 1. The molecule has 4 aliphatic rings. The van der Waals surface area contributed by atoms with Crippen LogP contribution in [0.4, 0.5) is 4.39 Å². The maximum Gasteiger partial charge on any atom is 0.343 e. The number of imide groups is 1. The predicted octanol–water partition coefficient (Wildman–Crippen LogP) is -0.0961. The fraction of sp³-hybridized carbons (Fsp3) is 0.645. The van der Waals surface area contributed by atoms with Crippen molar-refractivity contribution in [3.63, 3.8) is 0 Å². The molecule has 1 fully saturated rings. The predicted molar refractivity (Wildman–Crippen MR) is 322 cm³/mol. The third kappa shape index (κ3) is 18.9. The topological polar surface area (TPSA) is 368 Å². The lowest BCUT2D eigenvalue weighted by Gasteiger charge is -2.31. The quantitative estimate of drug-likeness (QED) is 0.0132. The average molecular weight is 1300 g/mol. The van der Waals surface area contributed by atoms with Crippen LogP contribution >= 0.6 is 0 Å². The van der Waals surface area contributed by atoms with Gasteiger partial charge in [0.25, 0.3) is 5.56 Å². The third-order valence-corrected chi connectivity index (χ3v) is 16.3. The Labute approximate surface area is 531 Å². The number of aliphatic hydroxyl groups excluding tert-OH is 1. The number of methoxy groups -OCH3 is 1. The first kappa shape index (κ1) is 72.5. The number of rotatable bonds is 41. The van der Waals surface area contributed by atoms with Crippen molar-refractivity contribution in [3.8, 4) is 11.4 Å². The molecule has 0 spiro atoms. The third-order valence-electron chi connectivity index (χ3n) is 16.3. The number of carbonyl (C=O) groups excluding carboxylic acids is 8. The second-order valence-corrected chi connectivity index (χ2v) is 22.7. The number of cyclic esters (lactones) is 1. The second kappa shape index (κ2) is 35.3. The Balaban J connectivity index is 0.771. The number of aryl methyl sites for hydroxylation is 1. The van der Waals surface area contributed by atoms with E-state index in [1.165, 1.54) is 24.5 Å². The van der Waals surface area contributed by atoms with Crippen LogP contribution in [0.2, 0.25) is 0 Å². The maximum absolute atomic E-state index is 15.4. The van der Waals surface area contributed by atoms with Gasteiger partial charge in [0.05, 0.1) is 147 Å². The molecule has 7 rings (SSSR count). The molecular formula is C62H87FN8O21. The lowest BCUT2D eigenvalue weighted by molar-refractivity contribution is -0.172. The normalized spacial score (nSPS) is 18.6. The number of carbonyl (C=O) groups is 8. The van der Waals surface area contributed by atoms with Gasteiger partial charge in [0, 0.05) is 67.8 Å². The fourth-order valence-electron chi connectivity index (χ4n) is 11.1. The summed E-state index contributed by atoms with van der Waals surface area (Å²) in [6.45, 7) is 12.2. The molecule has 1 aromatic carbocycles. The minimum absolute atomic E-state index is 0.0205. The van der Waals surface area contributed by atoms with Crippen molar-refractivity contribution in [1.29, 1.82) is 0 Å². The summed E-state index contributed by atoms with van der Waals surface area (Å²) in [6, 6.07) is -1.27. The van der Waals surface area contributed by atoms with Crippen LogP contribution in [0.25, 0.3) is 22.3 Å². The number of hydrogen-bond donors (Lipinski definition) is 7. The molecule has 0 bridgehead atoms. The summed E-state index contributed by atoms with van der Waals surface area (Å²) in [5.74, 6) is -6.36. The minimum Gasteiger partial charge on any atom is -0.458 e. The number of amides is 7. The Morgan fingerprint density at radius 3 is 1.95 bits per heavy atom. The summed E-state index contributed by atoms with van der Waals surface area (Å²) in [5, 5.41) is 36.1. The number of hydrogen-bond acceptors (Lipinski definition) is 22. The van der Waals surface area contributed by atoms with Gasteiger partial charge in [-0.05, 0) is 62.8 Å². The number of nitrogens with one attached hydrogen (secondary N) is 5. The van der Waals surface area contributed by atoms with E-state index >= 15 is 4.39 Å². The zero-order valence-corrected chi connectivity index (χ0v) is 53.1. The molecule has 0 radical (unpaired) electrons. The number of halogens is 1. The summed E-state index contributed by atoms with van der Waals surface area (Å²) < 4.78 is 70.6. The van der Waals surface area contributed by atoms with Gasteiger partial charge in [0.2, 0.25) is 41.4 Å². The zero-order valence-electron chi connectivity index (χ0n) is 53.1. The number of ether oxygens (including phenoxy) is 10. The number of esters is 1. The average Bonchev–Trinajstić information content (AvgIpc) is 1.47. The Morgan fingerprint density at radius 2 is 1.36 bits per heavy atom. The molecule has 1 unspecified atom stereocenters. The highest BCUT2D eigenvalue weighted by Crippen LogP contribution is 2.46. The summed E-state index contributed by atoms with van der Waals surface area (Å²) >= 11 is 0. The summed E-state index contributed by atoms with van der Waals surface area (Å²) in [7, 11) is 1.62. The molecule has 1 aliphatic carbocycles. The Hall–Kier alpha value is -6.97. The Morgan fingerprint density at radius 1 is 0.761 bits per heavy atom. The molecule has 508 valence electrons. The SMILES string of the molecule is CC[C@@]1(O)C(=O)OCc2c1cc1n(c2=O)Cc2c-1nc1cc(F)c(C)c3c1c2[C@@H](NC(=O)[C@H](O)CCOCNC(=O)[C@H](C)NC(=O)[C@H](C)NC(=O)C[C@H](CNC(=O)CCOCCOCCOCCOCCOCCOCCOCCOC)N1C(=O)CC(C)C1=O)CC3. The number of likely N-dealkylation sites (tertiary alicyclic amines) is 1. The first-order chi connectivity index (χ1) is 44.2. The van der Waals surface area contributed by atoms with Crippen LogP contribution in [-0.4, -0.2) is 222 Å². The van der Waals surface area contributed by atoms with E-state index in [9.17, 15) is 53.4 Å². The Bertz CT molecular complexity index is 3170. The van der Waals surface area contributed by atoms with Crippen molar-refractivity contribution in [1.82, 2.24) is 41.0 Å². The lowest BCUT2D eigenvalue weighted by Crippen LogP contribution is -2.53. The van der Waals surface area contributed by atoms with Crippen molar-refractivity contribution in [2.45, 2.75) is 129 Å². The van der Waals surface area contributed by atoms with Gasteiger partial charge in [-0.3, -0.25) is 43.3 Å². The molecule has 29 nitrogen and oxygen atoms in total. The van der Waals surface area contributed by atoms with Gasteiger partial charge in [-0.15, -0.1) is 0 Å². The molecule has 5 heterocycles. The number of fused-ring (bicyclic) bond motifs is 5. The summed E-state index contributed by atoms with van der Waals surface area (Å²) in [4.78, 5) is 124. The van der Waals surface area contributed by atoms with Crippen LogP contribution in [0, 0.1) is 18.7 Å². The number of pyridine rings is 2. The number of aromatic nitrogens is 2. The molecule has 0 saturated carbocycles. The van der Waals surface area contributed by atoms with E-state index in [2.05, 4.69) is 26.6 Å². The van der Waals surface area contributed by atoms with Crippen molar-refractivity contribution in [3.05, 3.63) is 61.7 Å². The van der Waals surface area contributed by atoms with Crippen LogP contribution in [0.5, 0.6) is 0 Å². The molecule has 2 aromatic heterocycles. The van der Waals surface area contributed by atoms with E-state index in [0.717, 1.165) is 4.90 Å². The first-order valence-corrected chi connectivity index (χ1v) is 31.1. The first-order valence-electron chi connectivity index (χ1n) is 31.1. The van der Waals surface area contributed by atoms with Crippen molar-refractivity contribution >= 4 is 58.2 Å². The van der Waals surface area contributed by atoms with E-state index in [1.807, 2.05) is 0 Å². The van der Waals surface area contributed by atoms with E-state index in [0.29, 0.717) is 131 Å². The standard InChI is InChI=1S/C62H87FN8O21/c1-7-62(82)44-30-48-55-42(33-70(48)60(80)43(44)34-92-61(62)81)54-46(9-8-41-37(3)45(63)31-47(68-55)53(41)54)69-58(78)49(72)10-12-91-35-65-56(76)38(4)67-57(77)39(5)66-51(74)29-40(71-52(75)28-36(2)59(71)79)32-64-50(73)11-13-84-16-17-86-20-21-88-24-25-90-27-26-89-23-22-87-19-18-85-15-14-83-6/h30-31,36,38-40,46,49,72,82H,7-29,32-35H2,1-6H3,(H,64,73)(H,65,76)(H,66,74)(H,67,77)(H,69,78)/t36?,38-,39-,40+,46-,49+,62-/m0/s1. The maximum atomic E-state index is 15.4. The molecule has 3 aromatic rings. The molecule has 92 heavy (non-hydrogen) atoms. The van der Waals surface area contributed by atoms with Crippen LogP contribution < -0.4 is 32.1 Å². The van der Waals surface area contributed by atoms with Gasteiger partial charge >= 0.3 is 5.97 Å². The summed E-state index contributed by atoms with van der Waals surface area (Å²) in [5.41, 5.74) is 0.875. The monoisotopic (exact) mass is 1300 g/mol. The highest BCUT2D eigenvalue weighted by Gasteiger charge is 2.46. The van der Waals surface area contributed by atoms with Crippen molar-refractivity contribution in [2.75, 3.05) is 126 Å². The van der Waals surface area contributed by atoms with Gasteiger partial charge < -0.3 is 88.7 Å². The molecule has 30 heteroatoms. The van der Waals surface area contributed by atoms with Crippen LogP contribution in [-0.2, 0) is 111 Å². The van der Waals surface area contributed by atoms with Gasteiger partial charge in [-0.25, -0.2) is 14.2 Å². The minimum atomic E-state index is -2.07. The van der Waals surface area contributed by atoms with Crippen LogP contribution in [0.3, 0.4) is 0 Å². The molecule has 1 saturated heterocycles. The fourth-order valence-corrected chi connectivity index (χ4v) is 11.1. The van der Waals surface area contributed by atoms with E-state index in [1.54, 1.807) is 33.9 Å². The summed E-state index contributed by atoms with van der Waals surface area (Å²) in [6.07, 6.45) is -1.75. The largest absolute Gasteiger partial charge is 0.458 e.